The topological polar surface area (TPSA) is 83.1 Å². The third-order valence-electron chi connectivity index (χ3n) is 3.58. The lowest BCUT2D eigenvalue weighted by atomic mass is 10.2. The van der Waals surface area contributed by atoms with Gasteiger partial charge in [-0.05, 0) is 29.8 Å². The number of amides is 1. The number of nitrogens with one attached hydrogen (secondary N) is 1. The van der Waals surface area contributed by atoms with Crippen LogP contribution in [-0.2, 0) is 16.1 Å². The Bertz CT molecular complexity index is 774. The second-order valence-electron chi connectivity index (χ2n) is 5.27. The van der Waals surface area contributed by atoms with Gasteiger partial charge in [0.05, 0.1) is 21.3 Å². The van der Waals surface area contributed by atoms with Gasteiger partial charge in [-0.3, -0.25) is 4.79 Å². The molecular formula is C19H21NO6. The van der Waals surface area contributed by atoms with Crippen molar-refractivity contribution in [3.05, 3.63) is 53.6 Å². The summed E-state index contributed by atoms with van der Waals surface area (Å²) in [4.78, 5) is 23.8. The standard InChI is InChI=1S/C19H21NO6/c1-23-14-6-4-5-13(9-14)11-20-18(21)12-26-17-10-15(24-2)7-8-16(17)19(22)25-3/h4-10H,11-12H2,1-3H3,(H,20,21). The number of hydrogen-bond donors (Lipinski definition) is 1. The summed E-state index contributed by atoms with van der Waals surface area (Å²) < 4.78 is 20.4. The van der Waals surface area contributed by atoms with Crippen LogP contribution in [0.1, 0.15) is 15.9 Å². The summed E-state index contributed by atoms with van der Waals surface area (Å²) in [6.07, 6.45) is 0. The van der Waals surface area contributed by atoms with E-state index in [1.807, 2.05) is 24.3 Å². The summed E-state index contributed by atoms with van der Waals surface area (Å²) in [6, 6.07) is 12.0. The van der Waals surface area contributed by atoms with E-state index in [0.29, 0.717) is 18.0 Å². The third-order valence-corrected chi connectivity index (χ3v) is 3.58. The summed E-state index contributed by atoms with van der Waals surface area (Å²) in [7, 11) is 4.35. The molecule has 0 bridgehead atoms. The van der Waals surface area contributed by atoms with Gasteiger partial charge in [-0.1, -0.05) is 12.1 Å². The van der Waals surface area contributed by atoms with Gasteiger partial charge in [0.1, 0.15) is 22.8 Å². The fourth-order valence-electron chi connectivity index (χ4n) is 2.21. The molecule has 7 nitrogen and oxygen atoms in total. The highest BCUT2D eigenvalue weighted by molar-refractivity contribution is 5.92. The Hall–Kier alpha value is -3.22. The highest BCUT2D eigenvalue weighted by Gasteiger charge is 2.15. The lowest BCUT2D eigenvalue weighted by Crippen LogP contribution is -2.28. The van der Waals surface area contributed by atoms with Crippen molar-refractivity contribution in [2.45, 2.75) is 6.54 Å². The molecule has 0 spiro atoms. The van der Waals surface area contributed by atoms with Gasteiger partial charge in [0.2, 0.25) is 0 Å². The van der Waals surface area contributed by atoms with Crippen molar-refractivity contribution in [1.82, 2.24) is 5.32 Å². The Morgan fingerprint density at radius 2 is 1.69 bits per heavy atom. The average molecular weight is 359 g/mol. The van der Waals surface area contributed by atoms with E-state index in [1.54, 1.807) is 13.2 Å². The quantitative estimate of drug-likeness (QED) is 0.728. The zero-order chi connectivity index (χ0) is 18.9. The van der Waals surface area contributed by atoms with E-state index in [-0.39, 0.29) is 23.8 Å². The summed E-state index contributed by atoms with van der Waals surface area (Å²) in [5.41, 5.74) is 1.11. The van der Waals surface area contributed by atoms with Gasteiger partial charge in [-0.2, -0.15) is 0 Å². The van der Waals surface area contributed by atoms with Crippen molar-refractivity contribution in [1.29, 1.82) is 0 Å². The summed E-state index contributed by atoms with van der Waals surface area (Å²) in [5, 5.41) is 2.74. The Balaban J connectivity index is 1.96. The van der Waals surface area contributed by atoms with Crippen LogP contribution in [0.15, 0.2) is 42.5 Å². The van der Waals surface area contributed by atoms with Crippen LogP contribution in [0, 0.1) is 0 Å². The van der Waals surface area contributed by atoms with Crippen molar-refractivity contribution < 1.29 is 28.5 Å². The molecule has 0 radical (unpaired) electrons. The molecule has 0 atom stereocenters. The maximum atomic E-state index is 12.0. The van der Waals surface area contributed by atoms with Crippen LogP contribution in [0.4, 0.5) is 0 Å². The predicted octanol–water partition coefficient (Wildman–Crippen LogP) is 2.19. The number of carbonyl (C=O) groups excluding carboxylic acids is 2. The fraction of sp³-hybridized carbons (Fsp3) is 0.263. The van der Waals surface area contributed by atoms with Crippen LogP contribution in [-0.4, -0.2) is 39.8 Å². The number of carbonyl (C=O) groups is 2. The van der Waals surface area contributed by atoms with Crippen LogP contribution in [0.25, 0.3) is 0 Å². The minimum atomic E-state index is -0.556. The van der Waals surface area contributed by atoms with Crippen molar-refractivity contribution in [2.75, 3.05) is 27.9 Å². The van der Waals surface area contributed by atoms with Crippen LogP contribution in [0.3, 0.4) is 0 Å². The molecule has 0 aliphatic rings. The predicted molar refractivity (Wildman–Crippen MR) is 94.7 cm³/mol. The third kappa shape index (κ3) is 5.14. The summed E-state index contributed by atoms with van der Waals surface area (Å²) >= 11 is 0. The highest BCUT2D eigenvalue weighted by atomic mass is 16.5. The summed E-state index contributed by atoms with van der Waals surface area (Å²) in [5.74, 6) is 0.551. The Morgan fingerprint density at radius 3 is 2.38 bits per heavy atom. The van der Waals surface area contributed by atoms with E-state index >= 15 is 0 Å². The molecule has 0 aliphatic carbocycles. The average Bonchev–Trinajstić information content (AvgIpc) is 2.69. The van der Waals surface area contributed by atoms with Crippen molar-refractivity contribution in [3.8, 4) is 17.2 Å². The second-order valence-corrected chi connectivity index (χ2v) is 5.27. The molecule has 0 saturated carbocycles. The van der Waals surface area contributed by atoms with Crippen LogP contribution in [0.5, 0.6) is 17.2 Å². The first-order valence-corrected chi connectivity index (χ1v) is 7.86. The van der Waals surface area contributed by atoms with Crippen LogP contribution >= 0.6 is 0 Å². The highest BCUT2D eigenvalue weighted by Crippen LogP contribution is 2.25. The van der Waals surface area contributed by atoms with Gasteiger partial charge in [0.25, 0.3) is 5.91 Å². The number of methoxy groups -OCH3 is 3. The maximum absolute atomic E-state index is 12.0. The van der Waals surface area contributed by atoms with Gasteiger partial charge >= 0.3 is 5.97 Å². The molecule has 2 rings (SSSR count). The first-order valence-electron chi connectivity index (χ1n) is 7.86. The number of esters is 1. The van der Waals surface area contributed by atoms with E-state index in [9.17, 15) is 9.59 Å². The van der Waals surface area contributed by atoms with Crippen molar-refractivity contribution in [3.63, 3.8) is 0 Å². The second kappa shape index (κ2) is 9.31. The summed E-state index contributed by atoms with van der Waals surface area (Å²) in [6.45, 7) is 0.0858. The lowest BCUT2D eigenvalue weighted by molar-refractivity contribution is -0.123. The fourth-order valence-corrected chi connectivity index (χ4v) is 2.21. The molecule has 0 saturated heterocycles. The lowest BCUT2D eigenvalue weighted by Gasteiger charge is -2.12. The van der Waals surface area contributed by atoms with Crippen LogP contribution in [0.2, 0.25) is 0 Å². The number of rotatable bonds is 8. The zero-order valence-electron chi connectivity index (χ0n) is 14.9. The minimum absolute atomic E-state index is 0.215. The molecule has 7 heteroatoms. The molecule has 0 heterocycles. The molecule has 0 aromatic heterocycles. The van der Waals surface area contributed by atoms with E-state index < -0.39 is 5.97 Å². The van der Waals surface area contributed by atoms with Crippen molar-refractivity contribution in [2.24, 2.45) is 0 Å². The zero-order valence-corrected chi connectivity index (χ0v) is 14.9. The molecule has 0 unspecified atom stereocenters. The normalized spacial score (nSPS) is 9.96. The Morgan fingerprint density at radius 1 is 0.962 bits per heavy atom. The SMILES string of the molecule is COC(=O)c1ccc(OC)cc1OCC(=O)NCc1cccc(OC)c1. The molecule has 0 aliphatic heterocycles. The van der Waals surface area contributed by atoms with Gasteiger partial charge in [-0.25, -0.2) is 4.79 Å². The smallest absolute Gasteiger partial charge is 0.341 e. The first-order chi connectivity index (χ1) is 12.6. The van der Waals surface area contributed by atoms with Crippen LogP contribution < -0.4 is 19.5 Å². The van der Waals surface area contributed by atoms with E-state index in [1.165, 1.54) is 26.4 Å². The van der Waals surface area contributed by atoms with Crippen molar-refractivity contribution >= 4 is 11.9 Å². The molecule has 2 aromatic rings. The number of benzene rings is 2. The first kappa shape index (κ1) is 19.1. The molecule has 138 valence electrons. The molecule has 1 N–H and O–H groups in total. The molecule has 2 aromatic carbocycles. The van der Waals surface area contributed by atoms with Gasteiger partial charge < -0.3 is 24.3 Å². The van der Waals surface area contributed by atoms with E-state index in [0.717, 1.165) is 5.56 Å². The monoisotopic (exact) mass is 359 g/mol. The van der Waals surface area contributed by atoms with Gasteiger partial charge in [-0.15, -0.1) is 0 Å². The maximum Gasteiger partial charge on any atom is 0.341 e. The largest absolute Gasteiger partial charge is 0.497 e. The molecular weight excluding hydrogens is 338 g/mol. The number of ether oxygens (including phenoxy) is 4. The molecule has 1 amide bonds. The van der Waals surface area contributed by atoms with Gasteiger partial charge in [0, 0.05) is 12.6 Å². The molecule has 26 heavy (non-hydrogen) atoms. The van der Waals surface area contributed by atoms with E-state index in [2.05, 4.69) is 5.32 Å². The molecule has 0 fully saturated rings. The Kier molecular flexibility index (Phi) is 6.84. The van der Waals surface area contributed by atoms with Gasteiger partial charge in [0.15, 0.2) is 6.61 Å². The number of hydrogen-bond acceptors (Lipinski definition) is 6. The minimum Gasteiger partial charge on any atom is -0.497 e. The van der Waals surface area contributed by atoms with E-state index in [4.69, 9.17) is 18.9 Å². The Labute approximate surface area is 151 Å².